The molecule has 1 aliphatic carbocycles. The monoisotopic (exact) mass is 493 g/mol. The fraction of sp³-hybridized carbons (Fsp3) is 0.591. The molecule has 2 aromatic rings. The van der Waals surface area contributed by atoms with Gasteiger partial charge in [-0.25, -0.2) is 13.1 Å². The first-order valence-electron chi connectivity index (χ1n) is 11.5. The lowest BCUT2D eigenvalue weighted by Crippen LogP contribution is -2.41. The summed E-state index contributed by atoms with van der Waals surface area (Å²) in [5.41, 5.74) is 0.559. The van der Waals surface area contributed by atoms with E-state index in [9.17, 15) is 13.2 Å². The fourth-order valence-electron chi connectivity index (χ4n) is 4.09. The molecule has 1 aliphatic heterocycles. The SMILES string of the molecule is CCN(CC)S(=O)(=O)c1cccc(-c2nn(CN3CCC(C(=O)NC4CC4)CC3)c(=S)o2)c1. The number of carbonyl (C=O) groups is 1. The lowest BCUT2D eigenvalue weighted by atomic mass is 9.96. The maximum atomic E-state index is 12.9. The van der Waals surface area contributed by atoms with Gasteiger partial charge in [-0.2, -0.15) is 4.31 Å². The minimum Gasteiger partial charge on any atom is -0.409 e. The van der Waals surface area contributed by atoms with Gasteiger partial charge in [-0.1, -0.05) is 19.9 Å². The topological polar surface area (TPSA) is 101 Å². The third-order valence-electron chi connectivity index (χ3n) is 6.25. The lowest BCUT2D eigenvalue weighted by Gasteiger charge is -2.30. The Morgan fingerprint density at radius 3 is 2.55 bits per heavy atom. The highest BCUT2D eigenvalue weighted by atomic mass is 32.2. The van der Waals surface area contributed by atoms with E-state index in [-0.39, 0.29) is 27.4 Å². The van der Waals surface area contributed by atoms with Gasteiger partial charge in [0.05, 0.1) is 11.6 Å². The van der Waals surface area contributed by atoms with Gasteiger partial charge in [0, 0.05) is 43.7 Å². The van der Waals surface area contributed by atoms with Crippen molar-refractivity contribution in [3.63, 3.8) is 0 Å². The first kappa shape index (κ1) is 24.1. The van der Waals surface area contributed by atoms with Gasteiger partial charge in [0.25, 0.3) is 4.84 Å². The molecule has 4 rings (SSSR count). The van der Waals surface area contributed by atoms with E-state index in [0.29, 0.717) is 31.4 Å². The third-order valence-corrected chi connectivity index (χ3v) is 8.59. The van der Waals surface area contributed by atoms with E-state index in [0.717, 1.165) is 38.8 Å². The summed E-state index contributed by atoms with van der Waals surface area (Å²) in [5.74, 6) is 0.533. The van der Waals surface area contributed by atoms with Crippen LogP contribution in [0.15, 0.2) is 33.6 Å². The average molecular weight is 494 g/mol. The second-order valence-corrected chi connectivity index (χ2v) is 10.9. The summed E-state index contributed by atoms with van der Waals surface area (Å²) in [6.45, 7) is 6.46. The zero-order valence-electron chi connectivity index (χ0n) is 19.1. The Bertz CT molecular complexity index is 1140. The molecule has 2 aliphatic rings. The van der Waals surface area contributed by atoms with Gasteiger partial charge in [0.15, 0.2) is 0 Å². The molecular formula is C22H31N5O4S2. The quantitative estimate of drug-likeness (QED) is 0.536. The van der Waals surface area contributed by atoms with E-state index in [4.69, 9.17) is 16.6 Å². The second kappa shape index (κ2) is 10.0. The number of aromatic nitrogens is 2. The van der Waals surface area contributed by atoms with Crippen molar-refractivity contribution in [2.45, 2.75) is 57.1 Å². The van der Waals surface area contributed by atoms with Gasteiger partial charge in [-0.05, 0) is 56.1 Å². The molecule has 1 saturated carbocycles. The molecule has 1 aromatic carbocycles. The number of hydrogen-bond donors (Lipinski definition) is 1. The zero-order chi connectivity index (χ0) is 23.6. The molecule has 1 aromatic heterocycles. The molecule has 33 heavy (non-hydrogen) atoms. The minimum absolute atomic E-state index is 0.0678. The number of sulfonamides is 1. The van der Waals surface area contributed by atoms with Gasteiger partial charge in [-0.3, -0.25) is 9.69 Å². The van der Waals surface area contributed by atoms with Crippen LogP contribution in [-0.4, -0.2) is 65.5 Å². The summed E-state index contributed by atoms with van der Waals surface area (Å²) in [6, 6.07) is 6.98. The first-order chi connectivity index (χ1) is 15.8. The lowest BCUT2D eigenvalue weighted by molar-refractivity contribution is -0.126. The predicted molar refractivity (Wildman–Crippen MR) is 126 cm³/mol. The van der Waals surface area contributed by atoms with E-state index in [1.165, 1.54) is 4.31 Å². The van der Waals surface area contributed by atoms with Crippen LogP contribution in [0.1, 0.15) is 39.5 Å². The highest BCUT2D eigenvalue weighted by molar-refractivity contribution is 7.89. The molecule has 0 bridgehead atoms. The molecule has 1 saturated heterocycles. The zero-order valence-corrected chi connectivity index (χ0v) is 20.7. The fourth-order valence-corrected chi connectivity index (χ4v) is 5.77. The number of likely N-dealkylation sites (tertiary alicyclic amines) is 1. The van der Waals surface area contributed by atoms with Crippen LogP contribution in [0.4, 0.5) is 0 Å². The molecule has 2 fully saturated rings. The number of rotatable bonds is 9. The van der Waals surface area contributed by atoms with Crippen molar-refractivity contribution < 1.29 is 17.6 Å². The molecule has 180 valence electrons. The molecule has 0 atom stereocenters. The van der Waals surface area contributed by atoms with Gasteiger partial charge in [0.1, 0.15) is 0 Å². The first-order valence-corrected chi connectivity index (χ1v) is 13.4. The Morgan fingerprint density at radius 1 is 1.21 bits per heavy atom. The number of carbonyl (C=O) groups excluding carboxylic acids is 1. The molecule has 1 amide bonds. The van der Waals surface area contributed by atoms with Crippen LogP contribution in [0.25, 0.3) is 11.5 Å². The molecule has 0 unspecified atom stereocenters. The Labute approximate surface area is 199 Å². The number of amides is 1. The van der Waals surface area contributed by atoms with Crippen LogP contribution >= 0.6 is 12.2 Å². The van der Waals surface area contributed by atoms with Gasteiger partial charge >= 0.3 is 0 Å². The number of benzene rings is 1. The molecule has 0 spiro atoms. The van der Waals surface area contributed by atoms with Crippen LogP contribution in [0.5, 0.6) is 0 Å². The van der Waals surface area contributed by atoms with Crippen molar-refractivity contribution in [3.05, 3.63) is 29.1 Å². The Balaban J connectivity index is 1.43. The van der Waals surface area contributed by atoms with Crippen LogP contribution in [0, 0.1) is 10.8 Å². The standard InChI is InChI=1S/C22H31N5O4S2/c1-3-26(4-2)33(29,30)19-7-5-6-17(14-19)21-24-27(22(32)31-21)15-25-12-10-16(11-13-25)20(28)23-18-8-9-18/h5-7,14,16,18H,3-4,8-13,15H2,1-2H3,(H,23,28). The summed E-state index contributed by atoms with van der Waals surface area (Å²) in [5, 5.41) is 7.60. The van der Waals surface area contributed by atoms with Crippen LogP contribution in [-0.2, 0) is 21.5 Å². The summed E-state index contributed by atoms with van der Waals surface area (Å²) < 4.78 is 34.5. The molecule has 0 radical (unpaired) electrons. The summed E-state index contributed by atoms with van der Waals surface area (Å²) in [6.07, 6.45) is 3.81. The smallest absolute Gasteiger partial charge is 0.288 e. The van der Waals surface area contributed by atoms with Crippen LogP contribution < -0.4 is 5.32 Å². The number of nitrogens with zero attached hydrogens (tertiary/aromatic N) is 4. The number of piperidine rings is 1. The van der Waals surface area contributed by atoms with Crippen molar-refractivity contribution in [2.24, 2.45) is 5.92 Å². The van der Waals surface area contributed by atoms with Crippen molar-refractivity contribution in [3.8, 4) is 11.5 Å². The Morgan fingerprint density at radius 2 is 1.91 bits per heavy atom. The van der Waals surface area contributed by atoms with Crippen molar-refractivity contribution >= 4 is 28.1 Å². The summed E-state index contributed by atoms with van der Waals surface area (Å²) >= 11 is 5.36. The van der Waals surface area contributed by atoms with E-state index in [1.54, 1.807) is 28.9 Å². The second-order valence-electron chi connectivity index (χ2n) is 8.61. The molecule has 1 N–H and O–H groups in total. The maximum Gasteiger partial charge on any atom is 0.288 e. The van der Waals surface area contributed by atoms with Crippen LogP contribution in [0.3, 0.4) is 0 Å². The Kier molecular flexibility index (Phi) is 7.32. The normalized spacial score (nSPS) is 18.0. The maximum absolute atomic E-state index is 12.9. The van der Waals surface area contributed by atoms with Gasteiger partial charge < -0.3 is 9.73 Å². The molecule has 11 heteroatoms. The van der Waals surface area contributed by atoms with Crippen molar-refractivity contribution in [1.82, 2.24) is 24.3 Å². The number of nitrogens with one attached hydrogen (secondary N) is 1. The van der Waals surface area contributed by atoms with Gasteiger partial charge in [0.2, 0.25) is 21.8 Å². The largest absolute Gasteiger partial charge is 0.409 e. The highest BCUT2D eigenvalue weighted by Crippen LogP contribution is 2.25. The van der Waals surface area contributed by atoms with Crippen molar-refractivity contribution in [2.75, 3.05) is 26.2 Å². The summed E-state index contributed by atoms with van der Waals surface area (Å²) in [4.78, 5) is 14.9. The number of hydrogen-bond acceptors (Lipinski definition) is 7. The minimum atomic E-state index is -3.58. The molecular weight excluding hydrogens is 462 g/mol. The Hall–Kier alpha value is -2.08. The van der Waals surface area contributed by atoms with E-state index in [1.807, 2.05) is 13.8 Å². The van der Waals surface area contributed by atoms with E-state index in [2.05, 4.69) is 15.3 Å². The molecule has 2 heterocycles. The highest BCUT2D eigenvalue weighted by Gasteiger charge is 2.30. The molecule has 9 nitrogen and oxygen atoms in total. The summed E-state index contributed by atoms with van der Waals surface area (Å²) in [7, 11) is -3.58. The van der Waals surface area contributed by atoms with E-state index < -0.39 is 10.0 Å². The predicted octanol–water partition coefficient (Wildman–Crippen LogP) is 2.85. The average Bonchev–Trinajstić information content (AvgIpc) is 3.55. The van der Waals surface area contributed by atoms with Crippen LogP contribution in [0.2, 0.25) is 0 Å². The third kappa shape index (κ3) is 5.53. The van der Waals surface area contributed by atoms with Gasteiger partial charge in [-0.15, -0.1) is 5.10 Å². The van der Waals surface area contributed by atoms with E-state index >= 15 is 0 Å². The van der Waals surface area contributed by atoms with Crippen molar-refractivity contribution in [1.29, 1.82) is 0 Å².